The van der Waals surface area contributed by atoms with Gasteiger partial charge in [0.25, 0.3) is 0 Å². The molecule has 1 saturated heterocycles. The van der Waals surface area contributed by atoms with Gasteiger partial charge >= 0.3 is 18.0 Å². The van der Waals surface area contributed by atoms with Crippen molar-refractivity contribution in [2.45, 2.75) is 26.7 Å². The van der Waals surface area contributed by atoms with Gasteiger partial charge in [-0.2, -0.15) is 0 Å². The van der Waals surface area contributed by atoms with Crippen LogP contribution in [-0.2, 0) is 4.79 Å². The first-order valence-electron chi connectivity index (χ1n) is 12.4. The van der Waals surface area contributed by atoms with Gasteiger partial charge in [-0.1, -0.05) is 30.3 Å². The largest absolute Gasteiger partial charge is 0.480 e. The van der Waals surface area contributed by atoms with E-state index in [0.717, 1.165) is 58.1 Å². The molecule has 2 aromatic carbocycles. The van der Waals surface area contributed by atoms with Crippen LogP contribution in [0.3, 0.4) is 0 Å². The lowest BCUT2D eigenvalue weighted by molar-refractivity contribution is -0.139. The van der Waals surface area contributed by atoms with Gasteiger partial charge in [0.1, 0.15) is 5.75 Å². The maximum atomic E-state index is 12.7. The molecule has 9 nitrogen and oxygen atoms in total. The van der Waals surface area contributed by atoms with E-state index < -0.39 is 18.5 Å². The molecular weight excluding hydrogens is 506 g/mol. The number of aromatic carboxylic acids is 1. The zero-order valence-electron chi connectivity index (χ0n) is 21.3. The molecule has 1 aliphatic rings. The standard InChI is InChI=1S/C28H31N3O6S/c1-17-6-3-4-9-22(17)30-28(36)31-12-10-19(11-13-31)15-29-21-8-5-7-20(14-21)25-18(2)24(37-16-23(32)33)26(38-25)27(34)35/h3-9,14,19,29H,10-13,15-16H2,1-2H3,(H,30,36)(H,32,33)(H,34,35). The number of hydrogen-bond acceptors (Lipinski definition) is 6. The molecule has 10 heteroatoms. The highest BCUT2D eigenvalue weighted by molar-refractivity contribution is 7.18. The molecule has 0 atom stereocenters. The second-order valence-corrected chi connectivity index (χ2v) is 10.4. The third-order valence-corrected chi connectivity index (χ3v) is 7.94. The number of urea groups is 1. The van der Waals surface area contributed by atoms with E-state index in [-0.39, 0.29) is 16.7 Å². The van der Waals surface area contributed by atoms with Gasteiger partial charge in [-0.15, -0.1) is 11.3 Å². The van der Waals surface area contributed by atoms with Crippen LogP contribution in [0.2, 0.25) is 0 Å². The number of hydrogen-bond donors (Lipinski definition) is 4. The van der Waals surface area contributed by atoms with Crippen molar-refractivity contribution in [1.29, 1.82) is 0 Å². The van der Waals surface area contributed by atoms with Crippen molar-refractivity contribution in [3.63, 3.8) is 0 Å². The first kappa shape index (κ1) is 27.0. The van der Waals surface area contributed by atoms with Crippen LogP contribution in [0.4, 0.5) is 16.2 Å². The molecular formula is C28H31N3O6S. The lowest BCUT2D eigenvalue weighted by Gasteiger charge is -2.32. The molecule has 1 aliphatic heterocycles. The Labute approximate surface area is 225 Å². The SMILES string of the molecule is Cc1ccccc1NC(=O)N1CCC(CNc2cccc(-c3sc(C(=O)O)c(OCC(=O)O)c3C)c2)CC1. The molecule has 0 bridgehead atoms. The van der Waals surface area contributed by atoms with Gasteiger partial charge in [0.15, 0.2) is 11.5 Å². The summed E-state index contributed by atoms with van der Waals surface area (Å²) < 4.78 is 5.30. The third kappa shape index (κ3) is 6.44. The number of nitrogens with one attached hydrogen (secondary N) is 2. The summed E-state index contributed by atoms with van der Waals surface area (Å²) in [5.41, 5.74) is 4.19. The van der Waals surface area contributed by atoms with E-state index in [1.54, 1.807) is 6.92 Å². The van der Waals surface area contributed by atoms with Gasteiger partial charge in [0.05, 0.1) is 0 Å². The summed E-state index contributed by atoms with van der Waals surface area (Å²) in [5, 5.41) is 25.0. The topological polar surface area (TPSA) is 128 Å². The number of para-hydroxylation sites is 1. The first-order chi connectivity index (χ1) is 18.2. The molecule has 0 aliphatic carbocycles. The summed E-state index contributed by atoms with van der Waals surface area (Å²) in [5.74, 6) is -1.81. The maximum absolute atomic E-state index is 12.7. The normalized spacial score (nSPS) is 13.7. The van der Waals surface area contributed by atoms with Crippen LogP contribution in [0.5, 0.6) is 5.75 Å². The molecule has 3 aromatic rings. The number of benzene rings is 2. The second kappa shape index (κ2) is 12.0. The summed E-state index contributed by atoms with van der Waals surface area (Å²) in [6, 6.07) is 15.4. The molecule has 38 heavy (non-hydrogen) atoms. The van der Waals surface area contributed by atoms with Crippen LogP contribution < -0.4 is 15.4 Å². The van der Waals surface area contributed by atoms with Gasteiger partial charge in [-0.05, 0) is 61.9 Å². The summed E-state index contributed by atoms with van der Waals surface area (Å²) in [7, 11) is 0. The third-order valence-electron chi connectivity index (χ3n) is 6.63. The van der Waals surface area contributed by atoms with E-state index in [1.165, 1.54) is 0 Å². The number of thiophene rings is 1. The maximum Gasteiger partial charge on any atom is 0.349 e. The van der Waals surface area contributed by atoms with Crippen molar-refractivity contribution in [3.8, 4) is 16.2 Å². The van der Waals surface area contributed by atoms with Gasteiger partial charge in [0.2, 0.25) is 0 Å². The molecule has 4 N–H and O–H groups in total. The molecule has 0 saturated carbocycles. The summed E-state index contributed by atoms with van der Waals surface area (Å²) in [4.78, 5) is 37.9. The molecule has 4 rings (SSSR count). The van der Waals surface area contributed by atoms with Crippen molar-refractivity contribution in [2.75, 3.05) is 36.9 Å². The van der Waals surface area contributed by atoms with E-state index in [9.17, 15) is 19.5 Å². The van der Waals surface area contributed by atoms with E-state index >= 15 is 0 Å². The number of piperidine rings is 1. The van der Waals surface area contributed by atoms with Crippen LogP contribution in [0.25, 0.3) is 10.4 Å². The molecule has 200 valence electrons. The minimum absolute atomic E-state index is 0.0182. The number of rotatable bonds is 9. The number of ether oxygens (including phenoxy) is 1. The predicted molar refractivity (Wildman–Crippen MR) is 148 cm³/mol. The lowest BCUT2D eigenvalue weighted by Crippen LogP contribution is -2.42. The Morgan fingerprint density at radius 2 is 1.79 bits per heavy atom. The number of carbonyl (C=O) groups excluding carboxylic acids is 1. The van der Waals surface area contributed by atoms with Crippen molar-refractivity contribution in [1.82, 2.24) is 4.90 Å². The Balaban J connectivity index is 1.35. The first-order valence-corrected chi connectivity index (χ1v) is 13.2. The highest BCUT2D eigenvalue weighted by Gasteiger charge is 2.25. The molecule has 1 aromatic heterocycles. The van der Waals surface area contributed by atoms with Crippen molar-refractivity contribution in [3.05, 3.63) is 64.5 Å². The molecule has 0 spiro atoms. The van der Waals surface area contributed by atoms with E-state index in [2.05, 4.69) is 10.6 Å². The van der Waals surface area contributed by atoms with Crippen LogP contribution >= 0.6 is 11.3 Å². The van der Waals surface area contributed by atoms with E-state index in [4.69, 9.17) is 9.84 Å². The van der Waals surface area contributed by atoms with E-state index in [1.807, 2.05) is 60.4 Å². The van der Waals surface area contributed by atoms with Crippen LogP contribution in [0.1, 0.15) is 33.6 Å². The van der Waals surface area contributed by atoms with Gasteiger partial charge in [0, 0.05) is 41.4 Å². The van der Waals surface area contributed by atoms with Crippen molar-refractivity contribution >= 4 is 40.7 Å². The Morgan fingerprint density at radius 1 is 1.05 bits per heavy atom. The minimum Gasteiger partial charge on any atom is -0.480 e. The highest BCUT2D eigenvalue weighted by atomic mass is 32.1. The molecule has 0 unspecified atom stereocenters. The Kier molecular flexibility index (Phi) is 8.52. The lowest BCUT2D eigenvalue weighted by atomic mass is 9.97. The second-order valence-electron chi connectivity index (χ2n) is 9.34. The smallest absolute Gasteiger partial charge is 0.349 e. The molecule has 1 fully saturated rings. The Hall–Kier alpha value is -4.05. The molecule has 2 amide bonds. The monoisotopic (exact) mass is 537 g/mol. The summed E-state index contributed by atoms with van der Waals surface area (Å²) in [6.07, 6.45) is 1.79. The fraction of sp³-hybridized carbons (Fsp3) is 0.321. The number of carboxylic acid groups (broad SMARTS) is 2. The zero-order valence-corrected chi connectivity index (χ0v) is 22.1. The fourth-order valence-corrected chi connectivity index (χ4v) is 5.59. The fourth-order valence-electron chi connectivity index (χ4n) is 4.50. The van der Waals surface area contributed by atoms with Gasteiger partial charge in [-0.3, -0.25) is 0 Å². The number of carbonyl (C=O) groups is 3. The van der Waals surface area contributed by atoms with Crippen LogP contribution in [0.15, 0.2) is 48.5 Å². The number of likely N-dealkylation sites (tertiary alicyclic amines) is 1. The number of anilines is 2. The number of nitrogens with zero attached hydrogens (tertiary/aromatic N) is 1. The molecule has 0 radical (unpaired) electrons. The molecule has 2 heterocycles. The van der Waals surface area contributed by atoms with E-state index in [0.29, 0.717) is 24.6 Å². The average molecular weight is 538 g/mol. The number of amides is 2. The van der Waals surface area contributed by atoms with Gasteiger partial charge < -0.3 is 30.5 Å². The zero-order chi connectivity index (χ0) is 27.2. The summed E-state index contributed by atoms with van der Waals surface area (Å²) in [6.45, 7) is 5.24. The Morgan fingerprint density at radius 3 is 2.47 bits per heavy atom. The minimum atomic E-state index is -1.17. The van der Waals surface area contributed by atoms with Crippen molar-refractivity contribution in [2.24, 2.45) is 5.92 Å². The number of aryl methyl sites for hydroxylation is 1. The quantitative estimate of drug-likeness (QED) is 0.282. The van der Waals surface area contributed by atoms with Crippen molar-refractivity contribution < 1.29 is 29.3 Å². The Bertz CT molecular complexity index is 1330. The predicted octanol–water partition coefficient (Wildman–Crippen LogP) is 5.55. The summed E-state index contributed by atoms with van der Waals surface area (Å²) >= 11 is 1.07. The van der Waals surface area contributed by atoms with Crippen LogP contribution in [-0.4, -0.2) is 59.3 Å². The number of carboxylic acids is 2. The number of aliphatic carboxylic acids is 1. The van der Waals surface area contributed by atoms with Gasteiger partial charge in [-0.25, -0.2) is 14.4 Å². The van der Waals surface area contributed by atoms with Crippen LogP contribution in [0, 0.1) is 19.8 Å². The highest BCUT2D eigenvalue weighted by Crippen LogP contribution is 2.42. The average Bonchev–Trinajstić information content (AvgIpc) is 3.24.